The number of aryl methyl sites for hydroxylation is 1. The molecule has 0 spiro atoms. The number of nitrogen functional groups attached to an aromatic ring is 1. The second-order valence-corrected chi connectivity index (χ2v) is 6.93. The van der Waals surface area contributed by atoms with E-state index in [1.807, 2.05) is 48.2 Å². The SMILES string of the molecule is Cc1ccc(/C=C/C(=O)N2CCN(Cc3nc(N)c4ccccc4n3)CC2)o1. The third kappa shape index (κ3) is 4.04. The van der Waals surface area contributed by atoms with Crippen molar-refractivity contribution in [3.8, 4) is 0 Å². The second kappa shape index (κ2) is 7.82. The summed E-state index contributed by atoms with van der Waals surface area (Å²) in [5, 5.41) is 0.875. The van der Waals surface area contributed by atoms with Gasteiger partial charge in [-0.1, -0.05) is 12.1 Å². The number of carbonyl (C=O) groups excluding carboxylic acids is 1. The molecule has 3 heterocycles. The molecule has 3 aromatic rings. The molecular weight excluding hydrogens is 354 g/mol. The van der Waals surface area contributed by atoms with E-state index in [9.17, 15) is 4.79 Å². The summed E-state index contributed by atoms with van der Waals surface area (Å²) in [6, 6.07) is 11.5. The van der Waals surface area contributed by atoms with Crippen molar-refractivity contribution in [3.05, 3.63) is 59.8 Å². The molecule has 0 radical (unpaired) electrons. The van der Waals surface area contributed by atoms with Crippen LogP contribution < -0.4 is 5.73 Å². The molecule has 144 valence electrons. The number of anilines is 1. The molecule has 1 aromatic carbocycles. The quantitative estimate of drug-likeness (QED) is 0.703. The van der Waals surface area contributed by atoms with E-state index in [1.54, 1.807) is 12.2 Å². The number of fused-ring (bicyclic) bond motifs is 1. The van der Waals surface area contributed by atoms with Gasteiger partial charge in [-0.25, -0.2) is 9.97 Å². The second-order valence-electron chi connectivity index (χ2n) is 6.93. The average molecular weight is 377 g/mol. The number of furan rings is 1. The topological polar surface area (TPSA) is 88.5 Å². The van der Waals surface area contributed by atoms with Crippen LogP contribution in [-0.2, 0) is 11.3 Å². The predicted octanol–water partition coefficient (Wildman–Crippen LogP) is 2.47. The summed E-state index contributed by atoms with van der Waals surface area (Å²) in [4.78, 5) is 25.5. The van der Waals surface area contributed by atoms with E-state index in [1.165, 1.54) is 0 Å². The molecule has 7 nitrogen and oxygen atoms in total. The monoisotopic (exact) mass is 377 g/mol. The van der Waals surface area contributed by atoms with Gasteiger partial charge in [0.05, 0.1) is 12.1 Å². The molecule has 0 aliphatic carbocycles. The Labute approximate surface area is 163 Å². The highest BCUT2D eigenvalue weighted by Crippen LogP contribution is 2.18. The molecule has 0 bridgehead atoms. The van der Waals surface area contributed by atoms with Gasteiger partial charge in [-0.3, -0.25) is 9.69 Å². The van der Waals surface area contributed by atoms with E-state index in [2.05, 4.69) is 14.9 Å². The number of benzene rings is 1. The fraction of sp³-hybridized carbons (Fsp3) is 0.286. The molecule has 1 aliphatic heterocycles. The maximum Gasteiger partial charge on any atom is 0.246 e. The van der Waals surface area contributed by atoms with Gasteiger partial charge in [0.15, 0.2) is 0 Å². The fourth-order valence-corrected chi connectivity index (χ4v) is 3.35. The van der Waals surface area contributed by atoms with Gasteiger partial charge in [0.25, 0.3) is 0 Å². The molecule has 1 saturated heterocycles. The first kappa shape index (κ1) is 18.2. The zero-order chi connectivity index (χ0) is 19.5. The highest BCUT2D eigenvalue weighted by molar-refractivity contribution is 5.91. The van der Waals surface area contributed by atoms with Crippen molar-refractivity contribution in [3.63, 3.8) is 0 Å². The number of para-hydroxylation sites is 1. The van der Waals surface area contributed by atoms with Crippen LogP contribution >= 0.6 is 0 Å². The lowest BCUT2D eigenvalue weighted by Crippen LogP contribution is -2.48. The molecule has 7 heteroatoms. The van der Waals surface area contributed by atoms with Crippen LogP contribution in [0.2, 0.25) is 0 Å². The Balaban J connectivity index is 1.34. The van der Waals surface area contributed by atoms with Gasteiger partial charge in [0, 0.05) is 37.6 Å². The summed E-state index contributed by atoms with van der Waals surface area (Å²) in [6.45, 7) is 5.39. The Hall–Kier alpha value is -3.19. The largest absolute Gasteiger partial charge is 0.462 e. The van der Waals surface area contributed by atoms with Gasteiger partial charge in [-0.2, -0.15) is 0 Å². The van der Waals surface area contributed by atoms with Crippen LogP contribution in [0.15, 0.2) is 46.9 Å². The van der Waals surface area contributed by atoms with Crippen LogP contribution in [0.1, 0.15) is 17.3 Å². The van der Waals surface area contributed by atoms with Crippen molar-refractivity contribution in [2.24, 2.45) is 0 Å². The average Bonchev–Trinajstić information content (AvgIpc) is 3.12. The standard InChI is InChI=1S/C21H23N5O2/c1-15-6-7-16(28-15)8-9-20(27)26-12-10-25(11-13-26)14-19-23-18-5-3-2-4-17(18)21(22)24-19/h2-9H,10-14H2,1H3,(H2,22,23,24)/b9-8+. The maximum atomic E-state index is 12.4. The molecule has 0 saturated carbocycles. The normalized spacial score (nSPS) is 15.5. The van der Waals surface area contributed by atoms with Crippen molar-refractivity contribution in [2.75, 3.05) is 31.9 Å². The minimum atomic E-state index is -0.0000901. The highest BCUT2D eigenvalue weighted by Gasteiger charge is 2.20. The Bertz CT molecular complexity index is 1020. The number of rotatable bonds is 4. The number of nitrogens with zero attached hydrogens (tertiary/aromatic N) is 4. The van der Waals surface area contributed by atoms with E-state index >= 15 is 0 Å². The molecule has 0 unspecified atom stereocenters. The van der Waals surface area contributed by atoms with Crippen molar-refractivity contribution in [2.45, 2.75) is 13.5 Å². The lowest BCUT2D eigenvalue weighted by atomic mass is 10.2. The number of carbonyl (C=O) groups is 1. The van der Waals surface area contributed by atoms with Crippen LogP contribution in [0.3, 0.4) is 0 Å². The third-order valence-electron chi connectivity index (χ3n) is 4.88. The smallest absolute Gasteiger partial charge is 0.246 e. The van der Waals surface area contributed by atoms with Gasteiger partial charge < -0.3 is 15.1 Å². The van der Waals surface area contributed by atoms with E-state index in [-0.39, 0.29) is 5.91 Å². The van der Waals surface area contributed by atoms with E-state index in [4.69, 9.17) is 10.2 Å². The van der Waals surface area contributed by atoms with Crippen LogP contribution in [0.25, 0.3) is 17.0 Å². The molecule has 4 rings (SSSR count). The molecule has 1 aliphatic rings. The Morgan fingerprint density at radius 2 is 1.93 bits per heavy atom. The van der Waals surface area contributed by atoms with Crippen molar-refractivity contribution < 1.29 is 9.21 Å². The minimum absolute atomic E-state index is 0.0000901. The zero-order valence-corrected chi connectivity index (χ0v) is 15.8. The van der Waals surface area contributed by atoms with Crippen LogP contribution in [-0.4, -0.2) is 51.9 Å². The first-order valence-electron chi connectivity index (χ1n) is 9.35. The van der Waals surface area contributed by atoms with Crippen LogP contribution in [0.5, 0.6) is 0 Å². The zero-order valence-electron chi connectivity index (χ0n) is 15.8. The van der Waals surface area contributed by atoms with Gasteiger partial charge in [-0.05, 0) is 37.3 Å². The van der Waals surface area contributed by atoms with E-state index < -0.39 is 0 Å². The summed E-state index contributed by atoms with van der Waals surface area (Å²) < 4.78 is 5.45. The van der Waals surface area contributed by atoms with Crippen LogP contribution in [0.4, 0.5) is 5.82 Å². The summed E-state index contributed by atoms with van der Waals surface area (Å²) in [5.74, 6) is 2.74. The molecular formula is C21H23N5O2. The first-order chi connectivity index (χ1) is 13.6. The van der Waals surface area contributed by atoms with Crippen molar-refractivity contribution >= 4 is 28.7 Å². The Kier molecular flexibility index (Phi) is 5.08. The lowest BCUT2D eigenvalue weighted by molar-refractivity contribution is -0.127. The lowest BCUT2D eigenvalue weighted by Gasteiger charge is -2.33. The number of amides is 1. The summed E-state index contributed by atoms with van der Waals surface area (Å²) >= 11 is 0. The molecule has 2 aromatic heterocycles. The highest BCUT2D eigenvalue weighted by atomic mass is 16.3. The number of aromatic nitrogens is 2. The van der Waals surface area contributed by atoms with Crippen LogP contribution in [0, 0.1) is 6.92 Å². The summed E-state index contributed by atoms with van der Waals surface area (Å²) in [5.41, 5.74) is 6.93. The van der Waals surface area contributed by atoms with Crippen molar-refractivity contribution in [1.82, 2.24) is 19.8 Å². The molecule has 1 fully saturated rings. The molecule has 28 heavy (non-hydrogen) atoms. The van der Waals surface area contributed by atoms with Crippen molar-refractivity contribution in [1.29, 1.82) is 0 Å². The molecule has 1 amide bonds. The van der Waals surface area contributed by atoms with Gasteiger partial charge in [-0.15, -0.1) is 0 Å². The summed E-state index contributed by atoms with van der Waals surface area (Å²) in [6.07, 6.45) is 3.29. The Morgan fingerprint density at radius 3 is 2.68 bits per heavy atom. The number of hydrogen-bond donors (Lipinski definition) is 1. The molecule has 2 N–H and O–H groups in total. The Morgan fingerprint density at radius 1 is 1.14 bits per heavy atom. The minimum Gasteiger partial charge on any atom is -0.462 e. The van der Waals surface area contributed by atoms with Gasteiger partial charge in [0.2, 0.25) is 5.91 Å². The fourth-order valence-electron chi connectivity index (χ4n) is 3.35. The van der Waals surface area contributed by atoms with Gasteiger partial charge in [0.1, 0.15) is 23.2 Å². The third-order valence-corrected chi connectivity index (χ3v) is 4.88. The predicted molar refractivity (Wildman–Crippen MR) is 108 cm³/mol. The summed E-state index contributed by atoms with van der Waals surface area (Å²) in [7, 11) is 0. The van der Waals surface area contributed by atoms with E-state index in [0.717, 1.165) is 29.8 Å². The van der Waals surface area contributed by atoms with E-state index in [0.29, 0.717) is 37.0 Å². The number of nitrogens with two attached hydrogens (primary N) is 1. The molecule has 0 atom stereocenters. The first-order valence-corrected chi connectivity index (χ1v) is 9.35. The number of hydrogen-bond acceptors (Lipinski definition) is 6. The van der Waals surface area contributed by atoms with Gasteiger partial charge >= 0.3 is 0 Å². The maximum absolute atomic E-state index is 12.4. The number of piperazine rings is 1.